The number of carbonyl (C=O) groups excluding carboxylic acids is 1. The van der Waals surface area contributed by atoms with E-state index in [-0.39, 0.29) is 5.91 Å². The standard InChI is InChI=1S/C24H24N6OS2/c1-5-12-29-22(19-8-10-25-11-9-19)27-28-24(29)33-15-20-14-32-23(26-20)30(18(4)31)21-7-6-16(2)13-17(21)3/h5-11,13-14H,1,12,15H2,2-4H3. The van der Waals surface area contributed by atoms with Crippen molar-refractivity contribution in [3.8, 4) is 11.4 Å². The van der Waals surface area contributed by atoms with Crippen molar-refractivity contribution < 1.29 is 4.79 Å². The van der Waals surface area contributed by atoms with Gasteiger partial charge in [-0.05, 0) is 37.6 Å². The van der Waals surface area contributed by atoms with Gasteiger partial charge in [-0.1, -0.05) is 35.5 Å². The van der Waals surface area contributed by atoms with Crippen LogP contribution in [0.3, 0.4) is 0 Å². The number of pyridine rings is 1. The highest BCUT2D eigenvalue weighted by Gasteiger charge is 2.20. The topological polar surface area (TPSA) is 76.8 Å². The van der Waals surface area contributed by atoms with Crippen molar-refractivity contribution in [1.82, 2.24) is 24.7 Å². The molecule has 33 heavy (non-hydrogen) atoms. The van der Waals surface area contributed by atoms with E-state index in [0.717, 1.165) is 39.1 Å². The van der Waals surface area contributed by atoms with Crippen LogP contribution in [-0.2, 0) is 17.1 Å². The molecule has 0 aliphatic heterocycles. The third-order valence-corrected chi connectivity index (χ3v) is 6.83. The summed E-state index contributed by atoms with van der Waals surface area (Å²) in [6.07, 6.45) is 5.30. The number of aryl methyl sites for hydroxylation is 2. The second-order valence-corrected chi connectivity index (χ2v) is 9.27. The number of thiazole rings is 1. The lowest BCUT2D eigenvalue weighted by Crippen LogP contribution is -2.23. The average Bonchev–Trinajstić information content (AvgIpc) is 3.42. The van der Waals surface area contributed by atoms with Gasteiger partial charge in [-0.3, -0.25) is 19.2 Å². The third kappa shape index (κ3) is 5.04. The smallest absolute Gasteiger partial charge is 0.230 e. The Bertz CT molecular complexity index is 1280. The lowest BCUT2D eigenvalue weighted by Gasteiger charge is -2.20. The number of amides is 1. The number of hydrogen-bond acceptors (Lipinski definition) is 7. The lowest BCUT2D eigenvalue weighted by atomic mass is 10.1. The quantitative estimate of drug-likeness (QED) is 0.244. The minimum absolute atomic E-state index is 0.0665. The molecule has 0 radical (unpaired) electrons. The minimum Gasteiger partial charge on any atom is -0.298 e. The van der Waals surface area contributed by atoms with Crippen molar-refractivity contribution in [2.45, 2.75) is 38.2 Å². The van der Waals surface area contributed by atoms with Gasteiger partial charge in [0.05, 0.1) is 11.4 Å². The largest absolute Gasteiger partial charge is 0.298 e. The number of aromatic nitrogens is 5. The maximum atomic E-state index is 12.5. The number of benzene rings is 1. The molecule has 7 nitrogen and oxygen atoms in total. The molecule has 0 saturated carbocycles. The number of carbonyl (C=O) groups is 1. The van der Waals surface area contributed by atoms with Gasteiger partial charge in [0.25, 0.3) is 0 Å². The van der Waals surface area contributed by atoms with E-state index >= 15 is 0 Å². The Balaban J connectivity index is 1.55. The van der Waals surface area contributed by atoms with Crippen LogP contribution in [-0.4, -0.2) is 30.6 Å². The van der Waals surface area contributed by atoms with Crippen LogP contribution < -0.4 is 4.90 Å². The fourth-order valence-corrected chi connectivity index (χ4v) is 5.30. The molecule has 0 N–H and O–H groups in total. The Hall–Kier alpha value is -3.30. The minimum atomic E-state index is -0.0665. The Morgan fingerprint density at radius 2 is 2.00 bits per heavy atom. The van der Waals surface area contributed by atoms with E-state index in [0.29, 0.717) is 17.4 Å². The molecule has 0 aliphatic rings. The summed E-state index contributed by atoms with van der Waals surface area (Å²) in [7, 11) is 0. The van der Waals surface area contributed by atoms with Gasteiger partial charge in [0.2, 0.25) is 5.91 Å². The molecule has 4 aromatic rings. The summed E-state index contributed by atoms with van der Waals surface area (Å²) in [5, 5.41) is 12.2. The number of anilines is 2. The first-order valence-electron chi connectivity index (χ1n) is 10.4. The molecule has 0 aliphatic carbocycles. The number of thioether (sulfide) groups is 1. The van der Waals surface area contributed by atoms with Gasteiger partial charge >= 0.3 is 0 Å². The van der Waals surface area contributed by atoms with Crippen molar-refractivity contribution in [1.29, 1.82) is 0 Å². The molecule has 3 heterocycles. The summed E-state index contributed by atoms with van der Waals surface area (Å²) in [6.45, 7) is 10.1. The zero-order valence-electron chi connectivity index (χ0n) is 18.7. The van der Waals surface area contributed by atoms with Crippen LogP contribution in [0.5, 0.6) is 0 Å². The van der Waals surface area contributed by atoms with Crippen molar-refractivity contribution >= 4 is 39.8 Å². The first-order chi connectivity index (χ1) is 16.0. The van der Waals surface area contributed by atoms with Crippen LogP contribution in [0.4, 0.5) is 10.8 Å². The second kappa shape index (κ2) is 10.1. The van der Waals surface area contributed by atoms with Gasteiger partial charge < -0.3 is 0 Å². The normalized spacial score (nSPS) is 10.9. The van der Waals surface area contributed by atoms with Crippen LogP contribution >= 0.6 is 23.1 Å². The van der Waals surface area contributed by atoms with Crippen LogP contribution in [0.25, 0.3) is 11.4 Å². The molecule has 0 spiro atoms. The first-order valence-corrected chi connectivity index (χ1v) is 12.2. The molecule has 0 bridgehead atoms. The Labute approximate surface area is 201 Å². The number of rotatable bonds is 8. The number of nitrogens with zero attached hydrogens (tertiary/aromatic N) is 6. The van der Waals surface area contributed by atoms with E-state index in [1.807, 2.05) is 54.1 Å². The van der Waals surface area contributed by atoms with E-state index < -0.39 is 0 Å². The van der Waals surface area contributed by atoms with Gasteiger partial charge in [0.15, 0.2) is 16.1 Å². The van der Waals surface area contributed by atoms with Gasteiger partial charge in [-0.15, -0.1) is 28.1 Å². The molecule has 0 atom stereocenters. The lowest BCUT2D eigenvalue weighted by molar-refractivity contribution is -0.115. The van der Waals surface area contributed by atoms with E-state index in [4.69, 9.17) is 4.98 Å². The van der Waals surface area contributed by atoms with Crippen molar-refractivity contribution in [3.63, 3.8) is 0 Å². The van der Waals surface area contributed by atoms with Crippen LogP contribution in [0.15, 0.2) is 65.9 Å². The molecule has 1 aromatic carbocycles. The van der Waals surface area contributed by atoms with Crippen LogP contribution in [0.1, 0.15) is 23.7 Å². The van der Waals surface area contributed by atoms with Gasteiger partial charge in [0.1, 0.15) is 0 Å². The molecule has 0 unspecified atom stereocenters. The zero-order chi connectivity index (χ0) is 23.4. The molecular weight excluding hydrogens is 452 g/mol. The highest BCUT2D eigenvalue weighted by atomic mass is 32.2. The fraction of sp³-hybridized carbons (Fsp3) is 0.208. The molecular formula is C24H24N6OS2. The molecule has 9 heteroatoms. The summed E-state index contributed by atoms with van der Waals surface area (Å²) in [6, 6.07) is 9.88. The highest BCUT2D eigenvalue weighted by Crippen LogP contribution is 2.33. The summed E-state index contributed by atoms with van der Waals surface area (Å²) in [5.41, 5.74) is 4.89. The molecule has 1 amide bonds. The fourth-order valence-electron chi connectivity index (χ4n) is 3.47. The third-order valence-electron chi connectivity index (χ3n) is 4.96. The second-order valence-electron chi connectivity index (χ2n) is 7.50. The monoisotopic (exact) mass is 476 g/mol. The maximum absolute atomic E-state index is 12.5. The zero-order valence-corrected chi connectivity index (χ0v) is 20.4. The predicted molar refractivity (Wildman–Crippen MR) is 134 cm³/mol. The van der Waals surface area contributed by atoms with E-state index in [1.54, 1.807) is 36.0 Å². The summed E-state index contributed by atoms with van der Waals surface area (Å²) in [4.78, 5) is 23.0. The van der Waals surface area contributed by atoms with E-state index in [9.17, 15) is 4.79 Å². The van der Waals surface area contributed by atoms with E-state index in [1.165, 1.54) is 11.3 Å². The maximum Gasteiger partial charge on any atom is 0.230 e. The van der Waals surface area contributed by atoms with Gasteiger partial charge in [0, 0.05) is 42.6 Å². The van der Waals surface area contributed by atoms with Gasteiger partial charge in [-0.2, -0.15) is 0 Å². The predicted octanol–water partition coefficient (Wildman–Crippen LogP) is 5.58. The highest BCUT2D eigenvalue weighted by molar-refractivity contribution is 7.98. The van der Waals surface area contributed by atoms with Crippen LogP contribution in [0.2, 0.25) is 0 Å². The molecule has 0 saturated heterocycles. The SMILES string of the molecule is C=CCn1c(SCc2csc(N(C(C)=O)c3ccc(C)cc3C)n2)nnc1-c1ccncc1. The van der Waals surface area contributed by atoms with Crippen LogP contribution in [0, 0.1) is 13.8 Å². The summed E-state index contributed by atoms with van der Waals surface area (Å²) >= 11 is 3.02. The Kier molecular flexibility index (Phi) is 7.00. The van der Waals surface area contributed by atoms with Crippen molar-refractivity contribution in [3.05, 3.63) is 77.6 Å². The first kappa shape index (κ1) is 22.9. The van der Waals surface area contributed by atoms with Crippen molar-refractivity contribution in [2.75, 3.05) is 4.90 Å². The molecule has 0 fully saturated rings. The molecule has 168 valence electrons. The molecule has 4 rings (SSSR count). The molecule has 3 aromatic heterocycles. The number of allylic oxidation sites excluding steroid dienone is 1. The number of hydrogen-bond donors (Lipinski definition) is 0. The summed E-state index contributed by atoms with van der Waals surface area (Å²) in [5.74, 6) is 1.32. The Morgan fingerprint density at radius 1 is 1.21 bits per heavy atom. The average molecular weight is 477 g/mol. The van der Waals surface area contributed by atoms with E-state index in [2.05, 4.69) is 27.8 Å². The Morgan fingerprint density at radius 3 is 2.70 bits per heavy atom. The van der Waals surface area contributed by atoms with Crippen molar-refractivity contribution in [2.24, 2.45) is 0 Å². The van der Waals surface area contributed by atoms with Gasteiger partial charge in [-0.25, -0.2) is 4.98 Å². The summed E-state index contributed by atoms with van der Waals surface area (Å²) < 4.78 is 2.03.